The molecular weight excluding hydrogens is 222 g/mol. The molecule has 5 nitrogen and oxygen atoms in total. The van der Waals surface area contributed by atoms with E-state index >= 15 is 0 Å². The first-order chi connectivity index (χ1) is 8.11. The highest BCUT2D eigenvalue weighted by molar-refractivity contribution is 6.07. The summed E-state index contributed by atoms with van der Waals surface area (Å²) in [7, 11) is 1.53. The SMILES string of the molecule is COc1cccc(N2C=C(C(=O)O)CC2=O)c1. The van der Waals surface area contributed by atoms with Gasteiger partial charge >= 0.3 is 5.97 Å². The molecule has 5 heteroatoms. The summed E-state index contributed by atoms with van der Waals surface area (Å²) >= 11 is 0. The molecule has 88 valence electrons. The fourth-order valence-corrected chi connectivity index (χ4v) is 1.63. The summed E-state index contributed by atoms with van der Waals surface area (Å²) in [5.74, 6) is -0.702. The van der Waals surface area contributed by atoms with Crippen molar-refractivity contribution in [3.8, 4) is 5.75 Å². The minimum absolute atomic E-state index is 0.0768. The Morgan fingerprint density at radius 2 is 2.24 bits per heavy atom. The van der Waals surface area contributed by atoms with E-state index in [2.05, 4.69) is 0 Å². The van der Waals surface area contributed by atoms with Crippen molar-refractivity contribution in [3.63, 3.8) is 0 Å². The fraction of sp³-hybridized carbons (Fsp3) is 0.167. The van der Waals surface area contributed by atoms with E-state index in [0.717, 1.165) is 0 Å². The van der Waals surface area contributed by atoms with Crippen molar-refractivity contribution < 1.29 is 19.4 Å². The lowest BCUT2D eigenvalue weighted by Gasteiger charge is -2.14. The van der Waals surface area contributed by atoms with Crippen LogP contribution < -0.4 is 9.64 Å². The summed E-state index contributed by atoms with van der Waals surface area (Å²) < 4.78 is 5.05. The lowest BCUT2D eigenvalue weighted by Crippen LogP contribution is -2.19. The van der Waals surface area contributed by atoms with E-state index < -0.39 is 5.97 Å². The summed E-state index contributed by atoms with van der Waals surface area (Å²) in [4.78, 5) is 23.8. The Bertz CT molecular complexity index is 507. The van der Waals surface area contributed by atoms with Gasteiger partial charge in [0.1, 0.15) is 5.75 Å². The van der Waals surface area contributed by atoms with Gasteiger partial charge in [-0.05, 0) is 12.1 Å². The van der Waals surface area contributed by atoms with Crippen LogP contribution in [-0.4, -0.2) is 24.1 Å². The molecule has 0 atom stereocenters. The van der Waals surface area contributed by atoms with E-state index in [4.69, 9.17) is 9.84 Å². The van der Waals surface area contributed by atoms with Crippen molar-refractivity contribution in [2.24, 2.45) is 0 Å². The van der Waals surface area contributed by atoms with Crippen LogP contribution in [0.15, 0.2) is 36.0 Å². The van der Waals surface area contributed by atoms with Crippen LogP contribution in [0.4, 0.5) is 5.69 Å². The Hall–Kier alpha value is -2.30. The van der Waals surface area contributed by atoms with Gasteiger partial charge in [-0.2, -0.15) is 0 Å². The van der Waals surface area contributed by atoms with Crippen LogP contribution in [0.25, 0.3) is 0 Å². The van der Waals surface area contributed by atoms with Gasteiger partial charge in [0, 0.05) is 12.3 Å². The first kappa shape index (κ1) is 11.2. The molecule has 0 saturated carbocycles. The Morgan fingerprint density at radius 3 is 2.82 bits per heavy atom. The van der Waals surface area contributed by atoms with Crippen molar-refractivity contribution in [2.75, 3.05) is 12.0 Å². The van der Waals surface area contributed by atoms with Crippen LogP contribution in [0.2, 0.25) is 0 Å². The second-order valence-corrected chi connectivity index (χ2v) is 3.60. The van der Waals surface area contributed by atoms with Crippen molar-refractivity contribution in [2.45, 2.75) is 6.42 Å². The van der Waals surface area contributed by atoms with Crippen molar-refractivity contribution in [3.05, 3.63) is 36.0 Å². The van der Waals surface area contributed by atoms with Crippen LogP contribution in [0.1, 0.15) is 6.42 Å². The largest absolute Gasteiger partial charge is 0.497 e. The van der Waals surface area contributed by atoms with Crippen LogP contribution >= 0.6 is 0 Å². The zero-order valence-electron chi connectivity index (χ0n) is 9.21. The normalized spacial score (nSPS) is 14.8. The molecule has 0 aliphatic carbocycles. The molecule has 1 N–H and O–H groups in total. The van der Waals surface area contributed by atoms with Gasteiger partial charge in [-0.25, -0.2) is 4.79 Å². The molecule has 2 rings (SSSR count). The van der Waals surface area contributed by atoms with E-state index in [1.54, 1.807) is 24.3 Å². The molecule has 1 heterocycles. The number of hydrogen-bond acceptors (Lipinski definition) is 3. The average Bonchev–Trinajstić information content (AvgIpc) is 2.72. The summed E-state index contributed by atoms with van der Waals surface area (Å²) in [6, 6.07) is 6.90. The number of anilines is 1. The number of methoxy groups -OCH3 is 1. The first-order valence-electron chi connectivity index (χ1n) is 5.02. The summed E-state index contributed by atoms with van der Waals surface area (Å²) in [6.07, 6.45) is 1.27. The van der Waals surface area contributed by atoms with E-state index in [9.17, 15) is 9.59 Å². The standard InChI is InChI=1S/C12H11NO4/c1-17-10-4-2-3-9(6-10)13-7-8(12(15)16)5-11(13)14/h2-4,6-7H,5H2,1H3,(H,15,16). The Labute approximate surface area is 97.9 Å². The number of benzene rings is 1. The minimum Gasteiger partial charge on any atom is -0.497 e. The Balaban J connectivity index is 2.33. The zero-order valence-corrected chi connectivity index (χ0v) is 9.21. The van der Waals surface area contributed by atoms with Gasteiger partial charge in [0.2, 0.25) is 5.91 Å². The highest BCUT2D eigenvalue weighted by Gasteiger charge is 2.26. The van der Waals surface area contributed by atoms with Crippen molar-refractivity contribution in [1.82, 2.24) is 0 Å². The number of carboxylic acid groups (broad SMARTS) is 1. The molecule has 1 amide bonds. The van der Waals surface area contributed by atoms with Gasteiger partial charge in [0.25, 0.3) is 0 Å². The summed E-state index contributed by atoms with van der Waals surface area (Å²) in [5.41, 5.74) is 0.698. The first-order valence-corrected chi connectivity index (χ1v) is 5.02. The number of carboxylic acids is 1. The van der Waals surface area contributed by atoms with Gasteiger partial charge in [-0.15, -0.1) is 0 Å². The van der Waals surface area contributed by atoms with Gasteiger partial charge in [0.05, 0.1) is 24.8 Å². The van der Waals surface area contributed by atoms with Crippen LogP contribution in [0, 0.1) is 0 Å². The van der Waals surface area contributed by atoms with Gasteiger partial charge in [-0.3, -0.25) is 9.69 Å². The quantitative estimate of drug-likeness (QED) is 0.856. The molecule has 1 aliphatic heterocycles. The highest BCUT2D eigenvalue weighted by Crippen LogP contribution is 2.26. The molecule has 0 saturated heterocycles. The van der Waals surface area contributed by atoms with E-state index in [1.165, 1.54) is 18.2 Å². The predicted molar refractivity (Wildman–Crippen MR) is 60.8 cm³/mol. The fourth-order valence-electron chi connectivity index (χ4n) is 1.63. The highest BCUT2D eigenvalue weighted by atomic mass is 16.5. The maximum atomic E-state index is 11.7. The number of amides is 1. The maximum Gasteiger partial charge on any atom is 0.333 e. The number of aliphatic carboxylic acids is 1. The monoisotopic (exact) mass is 233 g/mol. The molecule has 0 spiro atoms. The predicted octanol–water partition coefficient (Wildman–Crippen LogP) is 1.40. The maximum absolute atomic E-state index is 11.7. The number of hydrogen-bond donors (Lipinski definition) is 1. The van der Waals surface area contributed by atoms with Crippen molar-refractivity contribution >= 4 is 17.6 Å². The number of carbonyl (C=O) groups excluding carboxylic acids is 1. The lowest BCUT2D eigenvalue weighted by atomic mass is 10.2. The van der Waals surface area contributed by atoms with Crippen LogP contribution in [-0.2, 0) is 9.59 Å². The molecular formula is C12H11NO4. The second-order valence-electron chi connectivity index (χ2n) is 3.60. The number of carbonyl (C=O) groups is 2. The molecule has 0 radical (unpaired) electrons. The molecule has 0 unspecified atom stereocenters. The average molecular weight is 233 g/mol. The molecule has 1 aromatic carbocycles. The second kappa shape index (κ2) is 4.29. The van der Waals surface area contributed by atoms with Gasteiger partial charge in [0.15, 0.2) is 0 Å². The molecule has 1 aliphatic rings. The third-order valence-corrected chi connectivity index (χ3v) is 2.50. The molecule has 1 aromatic rings. The number of ether oxygens (including phenoxy) is 1. The molecule has 0 bridgehead atoms. The summed E-state index contributed by atoms with van der Waals surface area (Å²) in [5, 5.41) is 8.82. The van der Waals surface area contributed by atoms with E-state index in [-0.39, 0.29) is 17.9 Å². The number of rotatable bonds is 3. The van der Waals surface area contributed by atoms with E-state index in [1.807, 2.05) is 0 Å². The molecule has 0 fully saturated rings. The topological polar surface area (TPSA) is 66.8 Å². The van der Waals surface area contributed by atoms with Gasteiger partial charge in [-0.1, -0.05) is 6.07 Å². The van der Waals surface area contributed by atoms with E-state index in [0.29, 0.717) is 11.4 Å². The molecule has 17 heavy (non-hydrogen) atoms. The van der Waals surface area contributed by atoms with Gasteiger partial charge < -0.3 is 9.84 Å². The van der Waals surface area contributed by atoms with Crippen LogP contribution in [0.5, 0.6) is 5.75 Å². The minimum atomic E-state index is -1.07. The molecule has 0 aromatic heterocycles. The van der Waals surface area contributed by atoms with Crippen molar-refractivity contribution in [1.29, 1.82) is 0 Å². The summed E-state index contributed by atoms with van der Waals surface area (Å²) in [6.45, 7) is 0. The smallest absolute Gasteiger partial charge is 0.333 e. The lowest BCUT2D eigenvalue weighted by molar-refractivity contribution is -0.133. The Kier molecular flexibility index (Phi) is 2.82. The zero-order chi connectivity index (χ0) is 12.4. The number of nitrogens with zero attached hydrogens (tertiary/aromatic N) is 1. The Morgan fingerprint density at radius 1 is 1.47 bits per heavy atom. The van der Waals surface area contributed by atoms with Crippen LogP contribution in [0.3, 0.4) is 0 Å². The third kappa shape index (κ3) is 2.13. The third-order valence-electron chi connectivity index (χ3n) is 2.50.